The first-order chi connectivity index (χ1) is 19.7. The Labute approximate surface area is 249 Å². The third kappa shape index (κ3) is 7.48. The van der Waals surface area contributed by atoms with E-state index in [0.29, 0.717) is 5.19 Å². The Bertz CT molecular complexity index is 1440. The predicted octanol–water partition coefficient (Wildman–Crippen LogP) is 7.92. The highest BCUT2D eigenvalue weighted by atomic mass is 32.1. The molecule has 0 amide bonds. The highest BCUT2D eigenvalue weighted by Gasteiger charge is 2.27. The first-order valence-corrected chi connectivity index (χ1v) is 15.8. The van der Waals surface area contributed by atoms with Crippen LogP contribution in [-0.2, 0) is 25.8 Å². The first kappa shape index (κ1) is 29.6. The maximum Gasteiger partial charge on any atom is 0.274 e. The standard InChI is InChI=1S/C35H44N2O3S/c1-24(2)39-34-36-32-31(40-35(3,4)5)18-17-29(33(32)41-34)30(23-38)37(22-26-11-7-6-8-12-26)20-19-25-15-16-27-13-9-10-14-28(27)21-25/h6-8,11-12,15-18,21,24,30,38H,9-10,13-14,19-20,22-23H2,1-5H3. The van der Waals surface area contributed by atoms with Crippen LogP contribution in [0, 0.1) is 0 Å². The molecule has 1 aliphatic carbocycles. The van der Waals surface area contributed by atoms with E-state index >= 15 is 0 Å². The van der Waals surface area contributed by atoms with Gasteiger partial charge < -0.3 is 14.6 Å². The fourth-order valence-corrected chi connectivity index (χ4v) is 6.82. The van der Waals surface area contributed by atoms with Gasteiger partial charge in [0.25, 0.3) is 5.19 Å². The molecular weight excluding hydrogens is 528 g/mol. The number of benzene rings is 3. The largest absolute Gasteiger partial charge is 0.486 e. The zero-order valence-corrected chi connectivity index (χ0v) is 26.0. The second kappa shape index (κ2) is 12.9. The van der Waals surface area contributed by atoms with Crippen LogP contribution < -0.4 is 9.47 Å². The quantitative estimate of drug-likeness (QED) is 0.198. The summed E-state index contributed by atoms with van der Waals surface area (Å²) >= 11 is 1.54. The smallest absolute Gasteiger partial charge is 0.274 e. The normalized spacial score (nSPS) is 14.4. The van der Waals surface area contributed by atoms with Crippen LogP contribution in [0.3, 0.4) is 0 Å². The van der Waals surface area contributed by atoms with Crippen LogP contribution in [0.4, 0.5) is 0 Å². The van der Waals surface area contributed by atoms with E-state index in [1.165, 1.54) is 59.3 Å². The minimum Gasteiger partial charge on any atom is -0.486 e. The van der Waals surface area contributed by atoms with Gasteiger partial charge in [-0.05, 0) is 101 Å². The third-order valence-electron chi connectivity index (χ3n) is 7.57. The number of aliphatic hydroxyl groups is 1. The molecule has 1 unspecified atom stereocenters. The van der Waals surface area contributed by atoms with E-state index in [-0.39, 0.29) is 24.4 Å². The highest BCUT2D eigenvalue weighted by molar-refractivity contribution is 7.20. The summed E-state index contributed by atoms with van der Waals surface area (Å²) in [6.45, 7) is 11.7. The van der Waals surface area contributed by atoms with E-state index in [4.69, 9.17) is 14.5 Å². The highest BCUT2D eigenvalue weighted by Crippen LogP contribution is 2.41. The molecule has 1 N–H and O–H groups in total. The Hall–Kier alpha value is -2.93. The molecule has 1 aromatic heterocycles. The molecule has 5 nitrogen and oxygen atoms in total. The topological polar surface area (TPSA) is 54.8 Å². The van der Waals surface area contributed by atoms with Gasteiger partial charge >= 0.3 is 0 Å². The maximum absolute atomic E-state index is 10.9. The Morgan fingerprint density at radius 1 is 0.951 bits per heavy atom. The lowest BCUT2D eigenvalue weighted by atomic mass is 9.90. The second-order valence-corrected chi connectivity index (χ2v) is 13.4. The van der Waals surface area contributed by atoms with Crippen molar-refractivity contribution in [1.82, 2.24) is 9.88 Å². The van der Waals surface area contributed by atoms with Crippen molar-refractivity contribution in [1.29, 1.82) is 0 Å². The van der Waals surface area contributed by atoms with Crippen molar-refractivity contribution in [2.24, 2.45) is 0 Å². The number of thiazole rings is 1. The molecule has 4 aromatic rings. The minimum atomic E-state index is -0.359. The summed E-state index contributed by atoms with van der Waals surface area (Å²) in [5, 5.41) is 11.6. The van der Waals surface area contributed by atoms with Crippen molar-refractivity contribution in [2.45, 2.75) is 91.0 Å². The number of aromatic nitrogens is 1. The fourth-order valence-electron chi connectivity index (χ4n) is 5.70. The van der Waals surface area contributed by atoms with Crippen LogP contribution in [0.2, 0.25) is 0 Å². The van der Waals surface area contributed by atoms with Crippen LogP contribution in [0.15, 0.2) is 60.7 Å². The number of hydrogen-bond acceptors (Lipinski definition) is 6. The van der Waals surface area contributed by atoms with Gasteiger partial charge in [0.1, 0.15) is 16.9 Å². The molecule has 0 spiro atoms. The summed E-state index contributed by atoms with van der Waals surface area (Å²) in [6, 6.07) is 21.5. The van der Waals surface area contributed by atoms with Crippen molar-refractivity contribution in [3.05, 3.63) is 88.5 Å². The molecule has 0 saturated heterocycles. The Kier molecular flexibility index (Phi) is 9.32. The third-order valence-corrected chi connectivity index (χ3v) is 8.57. The van der Waals surface area contributed by atoms with Crippen molar-refractivity contribution in [3.8, 4) is 10.9 Å². The van der Waals surface area contributed by atoms with Crippen LogP contribution in [0.5, 0.6) is 10.9 Å². The van der Waals surface area contributed by atoms with Crippen LogP contribution in [-0.4, -0.2) is 39.8 Å². The van der Waals surface area contributed by atoms with Gasteiger partial charge in [0.2, 0.25) is 0 Å². The minimum absolute atomic E-state index is 0.00384. The molecule has 0 saturated carbocycles. The van der Waals surface area contributed by atoms with Crippen molar-refractivity contribution in [3.63, 3.8) is 0 Å². The van der Waals surface area contributed by atoms with Gasteiger partial charge in [-0.25, -0.2) is 0 Å². The van der Waals surface area contributed by atoms with E-state index < -0.39 is 0 Å². The molecular formula is C35H44N2O3S. The van der Waals surface area contributed by atoms with E-state index in [1.807, 2.05) is 40.7 Å². The summed E-state index contributed by atoms with van der Waals surface area (Å²) in [7, 11) is 0. The average Bonchev–Trinajstić information content (AvgIpc) is 3.36. The van der Waals surface area contributed by atoms with Crippen molar-refractivity contribution >= 4 is 21.6 Å². The summed E-state index contributed by atoms with van der Waals surface area (Å²) in [6.07, 6.45) is 5.91. The van der Waals surface area contributed by atoms with Gasteiger partial charge in [-0.15, -0.1) is 0 Å². The Morgan fingerprint density at radius 2 is 1.71 bits per heavy atom. The van der Waals surface area contributed by atoms with Crippen molar-refractivity contribution in [2.75, 3.05) is 13.2 Å². The molecule has 0 aliphatic heterocycles. The molecule has 0 radical (unpaired) electrons. The van der Waals surface area contributed by atoms with E-state index in [2.05, 4.69) is 59.5 Å². The zero-order valence-electron chi connectivity index (χ0n) is 25.2. The molecule has 0 fully saturated rings. The summed E-state index contributed by atoms with van der Waals surface area (Å²) < 4.78 is 13.4. The van der Waals surface area contributed by atoms with Gasteiger partial charge in [-0.1, -0.05) is 65.9 Å². The van der Waals surface area contributed by atoms with E-state index in [0.717, 1.165) is 41.0 Å². The molecule has 41 heavy (non-hydrogen) atoms. The second-order valence-electron chi connectivity index (χ2n) is 12.4. The molecule has 218 valence electrons. The van der Waals surface area contributed by atoms with Gasteiger partial charge in [0.05, 0.1) is 23.5 Å². The molecule has 0 bridgehead atoms. The molecule has 1 atom stereocenters. The lowest BCUT2D eigenvalue weighted by molar-refractivity contribution is 0.118. The van der Waals surface area contributed by atoms with E-state index in [1.54, 1.807) is 0 Å². The van der Waals surface area contributed by atoms with Gasteiger partial charge in [0, 0.05) is 13.1 Å². The molecule has 3 aromatic carbocycles. The van der Waals surface area contributed by atoms with Gasteiger partial charge in [-0.2, -0.15) is 4.98 Å². The van der Waals surface area contributed by atoms with Crippen LogP contribution in [0.25, 0.3) is 10.2 Å². The number of aryl methyl sites for hydroxylation is 2. The lowest BCUT2D eigenvalue weighted by Crippen LogP contribution is -2.33. The van der Waals surface area contributed by atoms with Crippen LogP contribution in [0.1, 0.15) is 81.3 Å². The summed E-state index contributed by atoms with van der Waals surface area (Å²) in [4.78, 5) is 7.28. The Balaban J connectivity index is 1.50. The summed E-state index contributed by atoms with van der Waals surface area (Å²) in [5.74, 6) is 0.742. The molecule has 5 rings (SSSR count). The average molecular weight is 573 g/mol. The number of hydrogen-bond donors (Lipinski definition) is 1. The van der Waals surface area contributed by atoms with Gasteiger partial charge in [0.15, 0.2) is 0 Å². The Morgan fingerprint density at radius 3 is 2.41 bits per heavy atom. The first-order valence-electron chi connectivity index (χ1n) is 15.0. The molecule has 1 aliphatic rings. The lowest BCUT2D eigenvalue weighted by Gasteiger charge is -2.32. The summed E-state index contributed by atoms with van der Waals surface area (Å²) in [5.41, 5.74) is 7.12. The number of ether oxygens (including phenoxy) is 2. The van der Waals surface area contributed by atoms with E-state index in [9.17, 15) is 5.11 Å². The molecule has 1 heterocycles. The van der Waals surface area contributed by atoms with Crippen LogP contribution >= 0.6 is 11.3 Å². The predicted molar refractivity (Wildman–Crippen MR) is 169 cm³/mol. The number of aliphatic hydroxyl groups excluding tert-OH is 1. The number of fused-ring (bicyclic) bond motifs is 2. The molecule has 6 heteroatoms. The monoisotopic (exact) mass is 572 g/mol. The van der Waals surface area contributed by atoms with Gasteiger partial charge in [-0.3, -0.25) is 4.90 Å². The number of nitrogens with zero attached hydrogens (tertiary/aromatic N) is 2. The number of rotatable bonds is 11. The SMILES string of the molecule is CC(C)Oc1nc2c(OC(C)(C)C)ccc(C(CO)N(CCc3ccc4c(c3)CCCC4)Cc3ccccc3)c2s1. The fraction of sp³-hybridized carbons (Fsp3) is 0.457. The zero-order chi connectivity index (χ0) is 29.0. The maximum atomic E-state index is 10.9. The van der Waals surface area contributed by atoms with Crippen molar-refractivity contribution < 1.29 is 14.6 Å².